The fraction of sp³-hybridized carbons (Fsp3) is 0.226. The van der Waals surface area contributed by atoms with Gasteiger partial charge in [-0.3, -0.25) is 4.72 Å². The highest BCUT2D eigenvalue weighted by molar-refractivity contribution is 7.97. The van der Waals surface area contributed by atoms with Gasteiger partial charge in [0.05, 0.1) is 0 Å². The largest absolute Gasteiger partial charge is 0.255 e. The minimum absolute atomic E-state index is 0.837. The van der Waals surface area contributed by atoms with Crippen LogP contribution in [-0.4, -0.2) is 0 Å². The summed E-state index contributed by atoms with van der Waals surface area (Å²) in [6.45, 7) is 7.42. The first kappa shape index (κ1) is 23.4. The van der Waals surface area contributed by atoms with E-state index in [2.05, 4.69) is 117 Å². The highest BCUT2D eigenvalue weighted by atomic mass is 32.2. The minimum atomic E-state index is 0.837. The van der Waals surface area contributed by atoms with E-state index < -0.39 is 0 Å². The molecule has 0 atom stereocenters. The van der Waals surface area contributed by atoms with Crippen molar-refractivity contribution in [1.29, 1.82) is 0 Å². The van der Waals surface area contributed by atoms with Gasteiger partial charge in [0.15, 0.2) is 0 Å². The summed E-state index contributed by atoms with van der Waals surface area (Å²) < 4.78 is 3.57. The SMILES string of the molecule is C/C=C\CC1=C(C)CCc2ccccc2/C1=C/c1ccc(C)cc1SNCc1ccccc1. The van der Waals surface area contributed by atoms with E-state index in [1.807, 2.05) is 0 Å². The van der Waals surface area contributed by atoms with E-state index in [0.717, 1.165) is 25.8 Å². The van der Waals surface area contributed by atoms with E-state index in [0.29, 0.717) is 0 Å². The zero-order chi connectivity index (χ0) is 23.0. The molecule has 0 saturated heterocycles. The van der Waals surface area contributed by atoms with Gasteiger partial charge in [0.2, 0.25) is 0 Å². The summed E-state index contributed by atoms with van der Waals surface area (Å²) in [6, 6.07) is 26.3. The van der Waals surface area contributed by atoms with Crippen molar-refractivity contribution in [2.75, 3.05) is 0 Å². The molecule has 1 aliphatic carbocycles. The minimum Gasteiger partial charge on any atom is -0.255 e. The van der Waals surface area contributed by atoms with E-state index in [1.165, 1.54) is 49.4 Å². The summed E-state index contributed by atoms with van der Waals surface area (Å²) in [5.74, 6) is 0. The molecule has 0 fully saturated rings. The van der Waals surface area contributed by atoms with Crippen molar-refractivity contribution in [3.05, 3.63) is 124 Å². The third-order valence-corrected chi connectivity index (χ3v) is 7.11. The zero-order valence-electron chi connectivity index (χ0n) is 19.9. The fourth-order valence-electron chi connectivity index (χ4n) is 4.35. The van der Waals surface area contributed by atoms with Crippen LogP contribution >= 0.6 is 11.9 Å². The maximum Gasteiger partial charge on any atom is 0.0313 e. The average Bonchev–Trinajstić information content (AvgIpc) is 2.96. The van der Waals surface area contributed by atoms with E-state index in [-0.39, 0.29) is 0 Å². The molecule has 2 heteroatoms. The summed E-state index contributed by atoms with van der Waals surface area (Å²) >= 11 is 1.73. The molecule has 0 bridgehead atoms. The van der Waals surface area contributed by atoms with Gasteiger partial charge in [-0.2, -0.15) is 0 Å². The van der Waals surface area contributed by atoms with Gasteiger partial charge in [0.1, 0.15) is 0 Å². The lowest BCUT2D eigenvalue weighted by Gasteiger charge is -2.16. The van der Waals surface area contributed by atoms with Crippen LogP contribution in [0.1, 0.15) is 54.5 Å². The number of aryl methyl sites for hydroxylation is 2. The number of fused-ring (bicyclic) bond motifs is 1. The van der Waals surface area contributed by atoms with Crippen molar-refractivity contribution in [1.82, 2.24) is 4.72 Å². The molecule has 3 aromatic rings. The standard InChI is InChI=1S/C31H33NS/c1-4-5-14-28-24(3)17-19-26-13-9-10-15-29(26)30(28)21-27-18-16-23(2)20-31(27)33-32-22-25-11-7-6-8-12-25/h4-13,15-16,18,20-21,32H,14,17,19,22H2,1-3H3/b5-4-,30-21+. The quantitative estimate of drug-likeness (QED) is 0.285. The highest BCUT2D eigenvalue weighted by Crippen LogP contribution is 2.38. The summed E-state index contributed by atoms with van der Waals surface area (Å²) in [5.41, 5.74) is 11.0. The lowest BCUT2D eigenvalue weighted by Crippen LogP contribution is -2.03. The van der Waals surface area contributed by atoms with Crippen LogP contribution in [0.5, 0.6) is 0 Å². The molecule has 0 aromatic heterocycles. The smallest absolute Gasteiger partial charge is 0.0313 e. The van der Waals surface area contributed by atoms with Gasteiger partial charge in [0, 0.05) is 11.4 Å². The molecular weight excluding hydrogens is 418 g/mol. The maximum absolute atomic E-state index is 3.57. The van der Waals surface area contributed by atoms with Crippen molar-refractivity contribution in [3.8, 4) is 0 Å². The monoisotopic (exact) mass is 451 g/mol. The van der Waals surface area contributed by atoms with Gasteiger partial charge < -0.3 is 0 Å². The average molecular weight is 452 g/mol. The molecule has 33 heavy (non-hydrogen) atoms. The molecule has 3 aromatic carbocycles. The molecule has 1 aliphatic rings. The van der Waals surface area contributed by atoms with Crippen LogP contribution in [0.15, 0.2) is 101 Å². The van der Waals surface area contributed by atoms with Gasteiger partial charge in [-0.05, 0) is 103 Å². The maximum atomic E-state index is 3.57. The third-order valence-electron chi connectivity index (χ3n) is 6.24. The van der Waals surface area contributed by atoms with Crippen molar-refractivity contribution in [3.63, 3.8) is 0 Å². The van der Waals surface area contributed by atoms with Crippen molar-refractivity contribution >= 4 is 23.6 Å². The summed E-state index contributed by atoms with van der Waals surface area (Å²) in [7, 11) is 0. The third kappa shape index (κ3) is 5.96. The molecule has 0 unspecified atom stereocenters. The Morgan fingerprint density at radius 2 is 1.70 bits per heavy atom. The Morgan fingerprint density at radius 3 is 2.52 bits per heavy atom. The second-order valence-corrected chi connectivity index (χ2v) is 9.63. The van der Waals surface area contributed by atoms with E-state index in [4.69, 9.17) is 0 Å². The molecule has 4 rings (SSSR count). The molecule has 168 valence electrons. The lowest BCUT2D eigenvalue weighted by molar-refractivity contribution is 0.935. The number of hydrogen-bond donors (Lipinski definition) is 1. The number of allylic oxidation sites excluding steroid dienone is 5. The van der Waals surface area contributed by atoms with Crippen LogP contribution in [0.2, 0.25) is 0 Å². The predicted molar refractivity (Wildman–Crippen MR) is 145 cm³/mol. The Balaban J connectivity index is 1.72. The molecular formula is C31H33NS. The number of benzene rings is 3. The van der Waals surface area contributed by atoms with Gasteiger partial charge >= 0.3 is 0 Å². The summed E-state index contributed by atoms with van der Waals surface area (Å²) in [4.78, 5) is 1.27. The topological polar surface area (TPSA) is 12.0 Å². The molecule has 1 N–H and O–H groups in total. The number of rotatable bonds is 7. The van der Waals surface area contributed by atoms with E-state index in [9.17, 15) is 0 Å². The zero-order valence-corrected chi connectivity index (χ0v) is 20.7. The van der Waals surface area contributed by atoms with Gasteiger partial charge in [-0.1, -0.05) is 84.5 Å². The normalized spacial score (nSPS) is 15.2. The number of hydrogen-bond acceptors (Lipinski definition) is 2. The summed E-state index contributed by atoms with van der Waals surface area (Å²) in [5, 5.41) is 0. The van der Waals surface area contributed by atoms with Gasteiger partial charge in [0.25, 0.3) is 0 Å². The second kappa shape index (κ2) is 11.4. The van der Waals surface area contributed by atoms with Gasteiger partial charge in [-0.25, -0.2) is 0 Å². The first-order valence-corrected chi connectivity index (χ1v) is 12.6. The summed E-state index contributed by atoms with van der Waals surface area (Å²) in [6.07, 6.45) is 10.1. The van der Waals surface area contributed by atoms with E-state index in [1.54, 1.807) is 11.9 Å². The van der Waals surface area contributed by atoms with Crippen LogP contribution in [-0.2, 0) is 13.0 Å². The molecule has 0 aliphatic heterocycles. The fourth-order valence-corrected chi connectivity index (χ4v) is 5.23. The molecule has 0 spiro atoms. The Labute approximate surface area is 203 Å². The van der Waals surface area contributed by atoms with Crippen molar-refractivity contribution in [2.24, 2.45) is 0 Å². The predicted octanol–water partition coefficient (Wildman–Crippen LogP) is 8.56. The van der Waals surface area contributed by atoms with Crippen LogP contribution in [0, 0.1) is 6.92 Å². The van der Waals surface area contributed by atoms with Crippen LogP contribution in [0.25, 0.3) is 11.6 Å². The first-order chi connectivity index (χ1) is 16.2. The second-order valence-electron chi connectivity index (χ2n) is 8.70. The van der Waals surface area contributed by atoms with Crippen LogP contribution in [0.3, 0.4) is 0 Å². The first-order valence-electron chi connectivity index (χ1n) is 11.8. The van der Waals surface area contributed by atoms with Crippen molar-refractivity contribution < 1.29 is 0 Å². The number of nitrogens with one attached hydrogen (secondary N) is 1. The van der Waals surface area contributed by atoms with E-state index >= 15 is 0 Å². The Bertz CT molecular complexity index is 1180. The molecule has 0 heterocycles. The van der Waals surface area contributed by atoms with Crippen LogP contribution < -0.4 is 4.72 Å². The van der Waals surface area contributed by atoms with Gasteiger partial charge in [-0.15, -0.1) is 0 Å². The molecule has 0 radical (unpaired) electrons. The molecule has 0 amide bonds. The molecule has 1 nitrogen and oxygen atoms in total. The Hall–Kier alpha value is -2.81. The Morgan fingerprint density at radius 1 is 0.909 bits per heavy atom. The Kier molecular flexibility index (Phi) is 8.04. The van der Waals surface area contributed by atoms with Crippen molar-refractivity contribution in [2.45, 2.75) is 51.5 Å². The molecule has 0 saturated carbocycles. The van der Waals surface area contributed by atoms with Crippen LogP contribution in [0.4, 0.5) is 0 Å². The lowest BCUT2D eigenvalue weighted by atomic mass is 9.90. The highest BCUT2D eigenvalue weighted by Gasteiger charge is 2.18.